The van der Waals surface area contributed by atoms with Gasteiger partial charge in [0, 0.05) is 68.0 Å². The number of piperazine rings is 1. The number of hydrogen-bond donors (Lipinski definition) is 1. The summed E-state index contributed by atoms with van der Waals surface area (Å²) in [4.78, 5) is 8.25. The Labute approximate surface area is 187 Å². The van der Waals surface area contributed by atoms with Crippen molar-refractivity contribution in [2.45, 2.75) is 13.0 Å². The minimum Gasteiger partial charge on any atom is -0.361 e. The zero-order chi connectivity index (χ0) is 21.8. The van der Waals surface area contributed by atoms with E-state index in [1.807, 2.05) is 16.8 Å². The fourth-order valence-corrected chi connectivity index (χ4v) is 4.65. The number of H-pyrrole nitrogens is 1. The van der Waals surface area contributed by atoms with Crippen molar-refractivity contribution < 1.29 is 4.39 Å². The molecular weight excluding hydrogens is 403 g/mol. The third-order valence-electron chi connectivity index (χ3n) is 6.43. The van der Waals surface area contributed by atoms with E-state index in [1.165, 1.54) is 11.1 Å². The van der Waals surface area contributed by atoms with Crippen LogP contribution < -0.4 is 0 Å². The molecule has 1 fully saturated rings. The van der Waals surface area contributed by atoms with Crippen LogP contribution >= 0.6 is 0 Å². The van der Waals surface area contributed by atoms with Gasteiger partial charge in [0.2, 0.25) is 0 Å². The molecule has 0 bridgehead atoms. The molecule has 3 heterocycles. The quantitative estimate of drug-likeness (QED) is 0.461. The summed E-state index contributed by atoms with van der Waals surface area (Å²) in [6, 6.07) is 16.8. The predicted octanol–water partition coefficient (Wildman–Crippen LogP) is 3.69. The molecule has 0 amide bonds. The van der Waals surface area contributed by atoms with Gasteiger partial charge in [-0.15, -0.1) is 10.2 Å². The van der Waals surface area contributed by atoms with Crippen molar-refractivity contribution in [2.75, 3.05) is 39.4 Å². The summed E-state index contributed by atoms with van der Waals surface area (Å²) < 4.78 is 15.9. The Bertz CT molecular complexity index is 1120. The highest BCUT2D eigenvalue weighted by Crippen LogP contribution is 2.25. The fourth-order valence-electron chi connectivity index (χ4n) is 4.65. The Balaban J connectivity index is 1.20. The smallest absolute Gasteiger partial charge is 0.123 e. The van der Waals surface area contributed by atoms with Crippen LogP contribution in [0, 0.1) is 5.92 Å². The lowest BCUT2D eigenvalue weighted by Crippen LogP contribution is -2.47. The van der Waals surface area contributed by atoms with E-state index >= 15 is 0 Å². The molecule has 1 saturated heterocycles. The first kappa shape index (κ1) is 20.8. The highest BCUT2D eigenvalue weighted by atomic mass is 19.1. The summed E-state index contributed by atoms with van der Waals surface area (Å²) in [6.45, 7) is 5.54. The monoisotopic (exact) mass is 432 g/mol. The van der Waals surface area contributed by atoms with E-state index in [9.17, 15) is 4.39 Å². The molecule has 2 aromatic carbocycles. The lowest BCUT2D eigenvalue weighted by molar-refractivity contribution is 0.107. The Morgan fingerprint density at radius 1 is 0.938 bits per heavy atom. The van der Waals surface area contributed by atoms with Crippen LogP contribution in [0.15, 0.2) is 67.4 Å². The number of aromatic nitrogens is 4. The first-order valence-electron chi connectivity index (χ1n) is 11.3. The van der Waals surface area contributed by atoms with Crippen molar-refractivity contribution >= 4 is 10.9 Å². The standard InChI is InChI=1S/C25H29FN6/c26-14-21(17-31-10-8-30(9-11-31)16-20-4-2-1-3-5-20)12-22-15-27-25-7-6-23(13-24(22)25)32-18-28-29-19-32/h1-7,13,15,18-19,21,27H,8-12,14,16-17H2/t21-/m1/s1. The van der Waals surface area contributed by atoms with E-state index in [4.69, 9.17) is 0 Å². The number of rotatable bonds is 8. The predicted molar refractivity (Wildman–Crippen MR) is 125 cm³/mol. The molecule has 5 rings (SSSR count). The lowest BCUT2D eigenvalue weighted by Gasteiger charge is -2.36. The minimum atomic E-state index is -0.304. The lowest BCUT2D eigenvalue weighted by atomic mass is 9.98. The molecule has 2 aromatic heterocycles. The molecule has 0 radical (unpaired) electrons. The molecule has 1 aliphatic rings. The van der Waals surface area contributed by atoms with Crippen LogP contribution in [-0.4, -0.2) is 68.9 Å². The second-order valence-electron chi connectivity index (χ2n) is 8.70. The van der Waals surface area contributed by atoms with Gasteiger partial charge < -0.3 is 9.88 Å². The zero-order valence-electron chi connectivity index (χ0n) is 18.2. The molecule has 1 aliphatic heterocycles. The van der Waals surface area contributed by atoms with E-state index in [2.05, 4.69) is 67.4 Å². The van der Waals surface area contributed by atoms with Crippen molar-refractivity contribution in [3.63, 3.8) is 0 Å². The third kappa shape index (κ3) is 4.74. The Morgan fingerprint density at radius 2 is 1.69 bits per heavy atom. The summed E-state index contributed by atoms with van der Waals surface area (Å²) >= 11 is 0. The molecule has 0 aliphatic carbocycles. The van der Waals surface area contributed by atoms with Gasteiger partial charge in [0.25, 0.3) is 0 Å². The van der Waals surface area contributed by atoms with Crippen LogP contribution in [0.3, 0.4) is 0 Å². The number of halogens is 1. The summed E-state index contributed by atoms with van der Waals surface area (Å²) in [6.07, 6.45) is 6.14. The summed E-state index contributed by atoms with van der Waals surface area (Å²) in [5.41, 5.74) is 4.60. The Hall–Kier alpha value is -3.03. The maximum absolute atomic E-state index is 14.0. The summed E-state index contributed by atoms with van der Waals surface area (Å²) in [5, 5.41) is 8.92. The van der Waals surface area contributed by atoms with Gasteiger partial charge in [-0.25, -0.2) is 0 Å². The number of nitrogens with zero attached hydrogens (tertiary/aromatic N) is 5. The highest BCUT2D eigenvalue weighted by molar-refractivity contribution is 5.85. The van der Waals surface area contributed by atoms with Gasteiger partial charge in [-0.3, -0.25) is 13.9 Å². The van der Waals surface area contributed by atoms with Crippen molar-refractivity contribution in [3.8, 4) is 5.69 Å². The molecule has 32 heavy (non-hydrogen) atoms. The van der Waals surface area contributed by atoms with Gasteiger partial charge in [-0.1, -0.05) is 30.3 Å². The normalized spacial score (nSPS) is 16.5. The molecule has 0 saturated carbocycles. The first-order chi connectivity index (χ1) is 15.8. The van der Waals surface area contributed by atoms with Crippen LogP contribution in [0.1, 0.15) is 11.1 Å². The molecule has 0 spiro atoms. The van der Waals surface area contributed by atoms with Crippen LogP contribution in [0.2, 0.25) is 0 Å². The average Bonchev–Trinajstić information content (AvgIpc) is 3.51. The van der Waals surface area contributed by atoms with Gasteiger partial charge in [-0.2, -0.15) is 0 Å². The molecule has 7 heteroatoms. The van der Waals surface area contributed by atoms with E-state index in [0.29, 0.717) is 0 Å². The van der Waals surface area contributed by atoms with Crippen molar-refractivity contribution in [1.82, 2.24) is 29.5 Å². The summed E-state index contributed by atoms with van der Waals surface area (Å²) in [7, 11) is 0. The summed E-state index contributed by atoms with van der Waals surface area (Å²) in [5.74, 6) is -0.00626. The van der Waals surface area contributed by atoms with Crippen molar-refractivity contribution in [1.29, 1.82) is 0 Å². The maximum atomic E-state index is 14.0. The van der Waals surface area contributed by atoms with Crippen LogP contribution in [0.4, 0.5) is 4.39 Å². The van der Waals surface area contributed by atoms with Crippen molar-refractivity contribution in [3.05, 3.63) is 78.5 Å². The minimum absolute atomic E-state index is 0.00626. The number of alkyl halides is 1. The van der Waals surface area contributed by atoms with Gasteiger partial charge in [0.05, 0.1) is 6.67 Å². The largest absolute Gasteiger partial charge is 0.361 e. The number of aromatic amines is 1. The SMILES string of the molecule is FC[C@@H](Cc1c[nH]c2ccc(-n3cnnc3)cc12)CN1CCN(Cc2ccccc2)CC1. The fraction of sp³-hybridized carbons (Fsp3) is 0.360. The molecule has 166 valence electrons. The van der Waals surface area contributed by atoms with Crippen LogP contribution in [0.25, 0.3) is 16.6 Å². The van der Waals surface area contributed by atoms with Gasteiger partial charge in [0.15, 0.2) is 0 Å². The van der Waals surface area contributed by atoms with Crippen LogP contribution in [-0.2, 0) is 13.0 Å². The second-order valence-corrected chi connectivity index (χ2v) is 8.70. The Morgan fingerprint density at radius 3 is 2.44 bits per heavy atom. The van der Waals surface area contributed by atoms with E-state index < -0.39 is 0 Å². The highest BCUT2D eigenvalue weighted by Gasteiger charge is 2.21. The van der Waals surface area contributed by atoms with E-state index in [-0.39, 0.29) is 12.6 Å². The molecule has 6 nitrogen and oxygen atoms in total. The molecule has 0 unspecified atom stereocenters. The first-order valence-corrected chi connectivity index (χ1v) is 11.3. The molecule has 4 aromatic rings. The van der Waals surface area contributed by atoms with Crippen LogP contribution in [0.5, 0.6) is 0 Å². The second kappa shape index (κ2) is 9.63. The number of benzene rings is 2. The van der Waals surface area contributed by atoms with Gasteiger partial charge in [-0.05, 0) is 35.7 Å². The molecular formula is C25H29FN6. The average molecular weight is 433 g/mol. The molecule has 1 N–H and O–H groups in total. The van der Waals surface area contributed by atoms with Crippen molar-refractivity contribution in [2.24, 2.45) is 5.92 Å². The Kier molecular flexibility index (Phi) is 6.27. The number of nitrogens with one attached hydrogen (secondary N) is 1. The van der Waals surface area contributed by atoms with Gasteiger partial charge >= 0.3 is 0 Å². The third-order valence-corrected chi connectivity index (χ3v) is 6.43. The van der Waals surface area contributed by atoms with E-state index in [0.717, 1.165) is 62.3 Å². The number of fused-ring (bicyclic) bond motifs is 1. The number of hydrogen-bond acceptors (Lipinski definition) is 4. The zero-order valence-corrected chi connectivity index (χ0v) is 18.2. The van der Waals surface area contributed by atoms with Gasteiger partial charge in [0.1, 0.15) is 12.7 Å². The van der Waals surface area contributed by atoms with E-state index in [1.54, 1.807) is 12.7 Å². The maximum Gasteiger partial charge on any atom is 0.123 e. The topological polar surface area (TPSA) is 53.0 Å². The molecule has 1 atom stereocenters.